The van der Waals surface area contributed by atoms with Crippen molar-refractivity contribution in [3.63, 3.8) is 0 Å². The summed E-state index contributed by atoms with van der Waals surface area (Å²) in [5.74, 6) is -0.267. The molecule has 3 N–H and O–H groups in total. The van der Waals surface area contributed by atoms with E-state index in [0.717, 1.165) is 10.0 Å². The Labute approximate surface area is 139 Å². The van der Waals surface area contributed by atoms with E-state index < -0.39 is 6.04 Å². The maximum atomic E-state index is 11.9. The molecule has 0 aliphatic rings. The molecule has 0 spiro atoms. The first-order valence-corrected chi connectivity index (χ1v) is 7.21. The SMILES string of the molecule is C[C@@H](N)C(=O)NCCC(=O)N(C)Cc1ccccc1Br.Cl. The number of halogens is 2. The van der Waals surface area contributed by atoms with Crippen molar-refractivity contribution in [2.75, 3.05) is 13.6 Å². The Morgan fingerprint density at radius 2 is 2.00 bits per heavy atom. The van der Waals surface area contributed by atoms with Gasteiger partial charge in [-0.05, 0) is 18.6 Å². The van der Waals surface area contributed by atoms with Crippen molar-refractivity contribution >= 4 is 40.2 Å². The molecule has 0 aliphatic carbocycles. The van der Waals surface area contributed by atoms with Crippen LogP contribution in [0.5, 0.6) is 0 Å². The van der Waals surface area contributed by atoms with E-state index in [1.165, 1.54) is 0 Å². The molecule has 7 heteroatoms. The van der Waals surface area contributed by atoms with Gasteiger partial charge in [0.25, 0.3) is 0 Å². The number of nitrogens with two attached hydrogens (primary N) is 1. The fourth-order valence-electron chi connectivity index (χ4n) is 1.61. The predicted octanol–water partition coefficient (Wildman–Crippen LogP) is 1.68. The van der Waals surface area contributed by atoms with Crippen LogP contribution in [-0.4, -0.2) is 36.3 Å². The van der Waals surface area contributed by atoms with Gasteiger partial charge in [0.15, 0.2) is 0 Å². The number of rotatable bonds is 6. The van der Waals surface area contributed by atoms with Crippen LogP contribution < -0.4 is 11.1 Å². The molecular formula is C14H21BrClN3O2. The van der Waals surface area contributed by atoms with E-state index in [1.54, 1.807) is 18.9 Å². The van der Waals surface area contributed by atoms with Gasteiger partial charge >= 0.3 is 0 Å². The Morgan fingerprint density at radius 1 is 1.38 bits per heavy atom. The second kappa shape index (κ2) is 9.76. The minimum atomic E-state index is -0.553. The molecule has 1 aromatic rings. The molecule has 5 nitrogen and oxygen atoms in total. The van der Waals surface area contributed by atoms with Crippen LogP contribution in [0.1, 0.15) is 18.9 Å². The normalized spacial score (nSPS) is 11.2. The van der Waals surface area contributed by atoms with Crippen LogP contribution in [0, 0.1) is 0 Å². The summed E-state index contributed by atoms with van der Waals surface area (Å²) in [6.45, 7) is 2.44. The Morgan fingerprint density at radius 3 is 2.57 bits per heavy atom. The number of hydrogen-bond acceptors (Lipinski definition) is 3. The maximum absolute atomic E-state index is 11.9. The van der Waals surface area contributed by atoms with E-state index in [4.69, 9.17) is 5.73 Å². The Hall–Kier alpha value is -1.11. The molecule has 0 saturated heterocycles. The highest BCUT2D eigenvalue weighted by molar-refractivity contribution is 9.10. The van der Waals surface area contributed by atoms with E-state index in [2.05, 4.69) is 21.2 Å². The maximum Gasteiger partial charge on any atom is 0.236 e. The molecular weight excluding hydrogens is 358 g/mol. The molecule has 1 rings (SSSR count). The van der Waals surface area contributed by atoms with Crippen LogP contribution in [0.4, 0.5) is 0 Å². The molecule has 0 fully saturated rings. The van der Waals surface area contributed by atoms with Gasteiger partial charge < -0.3 is 16.0 Å². The molecule has 0 heterocycles. The monoisotopic (exact) mass is 377 g/mol. The van der Waals surface area contributed by atoms with Crippen LogP contribution in [0.2, 0.25) is 0 Å². The summed E-state index contributed by atoms with van der Waals surface area (Å²) < 4.78 is 0.977. The highest BCUT2D eigenvalue weighted by Crippen LogP contribution is 2.17. The van der Waals surface area contributed by atoms with Crippen LogP contribution in [0.3, 0.4) is 0 Å². The van der Waals surface area contributed by atoms with E-state index >= 15 is 0 Å². The van der Waals surface area contributed by atoms with Crippen LogP contribution in [-0.2, 0) is 16.1 Å². The second-order valence-corrected chi connectivity index (χ2v) is 5.53. The van der Waals surface area contributed by atoms with Gasteiger partial charge in [0.05, 0.1) is 6.04 Å². The molecule has 0 unspecified atom stereocenters. The van der Waals surface area contributed by atoms with Gasteiger partial charge in [0, 0.05) is 31.0 Å². The van der Waals surface area contributed by atoms with Crippen molar-refractivity contribution < 1.29 is 9.59 Å². The van der Waals surface area contributed by atoms with Gasteiger partial charge in [-0.3, -0.25) is 9.59 Å². The third-order valence-electron chi connectivity index (χ3n) is 2.84. The molecule has 0 aromatic heterocycles. The van der Waals surface area contributed by atoms with Gasteiger partial charge in [-0.25, -0.2) is 0 Å². The highest BCUT2D eigenvalue weighted by Gasteiger charge is 2.12. The average molecular weight is 379 g/mol. The van der Waals surface area contributed by atoms with E-state index in [9.17, 15) is 9.59 Å². The number of nitrogens with zero attached hydrogens (tertiary/aromatic N) is 1. The summed E-state index contributed by atoms with van der Waals surface area (Å²) in [6, 6.07) is 7.21. The Bertz CT molecular complexity index is 483. The van der Waals surface area contributed by atoms with Gasteiger partial charge in [0.1, 0.15) is 0 Å². The number of nitrogens with one attached hydrogen (secondary N) is 1. The average Bonchev–Trinajstić information content (AvgIpc) is 2.40. The van der Waals surface area contributed by atoms with E-state index in [-0.39, 0.29) is 30.6 Å². The van der Waals surface area contributed by atoms with E-state index in [0.29, 0.717) is 13.1 Å². The zero-order chi connectivity index (χ0) is 15.1. The first kappa shape index (κ1) is 19.9. The molecule has 118 valence electrons. The zero-order valence-electron chi connectivity index (χ0n) is 12.1. The molecule has 0 radical (unpaired) electrons. The number of hydrogen-bond donors (Lipinski definition) is 2. The lowest BCUT2D eigenvalue weighted by Crippen LogP contribution is -2.40. The van der Waals surface area contributed by atoms with Crippen LogP contribution in [0.15, 0.2) is 28.7 Å². The van der Waals surface area contributed by atoms with Crippen LogP contribution in [0.25, 0.3) is 0 Å². The lowest BCUT2D eigenvalue weighted by molar-refractivity contribution is -0.130. The summed E-state index contributed by atoms with van der Waals surface area (Å²) in [6.07, 6.45) is 0.263. The topological polar surface area (TPSA) is 75.4 Å². The Balaban J connectivity index is 0.00000400. The number of amides is 2. The predicted molar refractivity (Wildman–Crippen MR) is 89.1 cm³/mol. The summed E-state index contributed by atoms with van der Waals surface area (Å²) in [5.41, 5.74) is 6.46. The standard InChI is InChI=1S/C14H20BrN3O2.ClH/c1-10(16)14(20)17-8-7-13(19)18(2)9-11-5-3-4-6-12(11)15;/h3-6,10H,7-9,16H2,1-2H3,(H,17,20);1H/t10-;/m1./s1. The fourth-order valence-corrected chi connectivity index (χ4v) is 2.02. The molecule has 2 amide bonds. The highest BCUT2D eigenvalue weighted by atomic mass is 79.9. The number of carbonyl (C=O) groups excluding carboxylic acids is 2. The summed E-state index contributed by atoms with van der Waals surface area (Å²) >= 11 is 3.45. The zero-order valence-corrected chi connectivity index (χ0v) is 14.5. The van der Waals surface area contributed by atoms with E-state index in [1.807, 2.05) is 24.3 Å². The van der Waals surface area contributed by atoms with Crippen molar-refractivity contribution in [2.24, 2.45) is 5.73 Å². The molecule has 0 bridgehead atoms. The lowest BCUT2D eigenvalue weighted by atomic mass is 10.2. The number of carbonyl (C=O) groups is 2. The molecule has 21 heavy (non-hydrogen) atoms. The van der Waals surface area contributed by atoms with Crippen molar-refractivity contribution in [3.05, 3.63) is 34.3 Å². The van der Waals surface area contributed by atoms with Crippen molar-refractivity contribution in [1.29, 1.82) is 0 Å². The quantitative estimate of drug-likeness (QED) is 0.791. The van der Waals surface area contributed by atoms with Gasteiger partial charge in [-0.2, -0.15) is 0 Å². The summed E-state index contributed by atoms with van der Waals surface area (Å²) in [5, 5.41) is 2.62. The molecule has 0 saturated carbocycles. The summed E-state index contributed by atoms with van der Waals surface area (Å²) in [7, 11) is 1.75. The first-order chi connectivity index (χ1) is 9.41. The summed E-state index contributed by atoms with van der Waals surface area (Å²) in [4.78, 5) is 24.8. The first-order valence-electron chi connectivity index (χ1n) is 6.42. The fraction of sp³-hybridized carbons (Fsp3) is 0.429. The van der Waals surface area contributed by atoms with Gasteiger partial charge in [0.2, 0.25) is 11.8 Å². The van der Waals surface area contributed by atoms with Crippen molar-refractivity contribution in [3.8, 4) is 0 Å². The minimum absolute atomic E-state index is 0. The van der Waals surface area contributed by atoms with Gasteiger partial charge in [-0.1, -0.05) is 34.1 Å². The van der Waals surface area contributed by atoms with Gasteiger partial charge in [-0.15, -0.1) is 12.4 Å². The smallest absolute Gasteiger partial charge is 0.236 e. The largest absolute Gasteiger partial charge is 0.354 e. The molecule has 1 aromatic carbocycles. The van der Waals surface area contributed by atoms with Crippen molar-refractivity contribution in [1.82, 2.24) is 10.2 Å². The molecule has 0 aliphatic heterocycles. The van der Waals surface area contributed by atoms with Crippen LogP contribution >= 0.6 is 28.3 Å². The third kappa shape index (κ3) is 6.93. The Kier molecular flexibility index (Phi) is 9.24. The lowest BCUT2D eigenvalue weighted by Gasteiger charge is -2.18. The second-order valence-electron chi connectivity index (χ2n) is 4.67. The number of benzene rings is 1. The minimum Gasteiger partial charge on any atom is -0.354 e. The van der Waals surface area contributed by atoms with Crippen molar-refractivity contribution in [2.45, 2.75) is 25.9 Å². The molecule has 1 atom stereocenters. The third-order valence-corrected chi connectivity index (χ3v) is 3.62.